The van der Waals surface area contributed by atoms with Crippen LogP contribution in [0, 0.1) is 12.8 Å². The molecule has 1 aromatic carbocycles. The number of hydrogen-bond acceptors (Lipinski definition) is 4. The van der Waals surface area contributed by atoms with Crippen LogP contribution in [-0.4, -0.2) is 46.9 Å². The van der Waals surface area contributed by atoms with Crippen LogP contribution in [0.3, 0.4) is 0 Å². The second-order valence-electron chi connectivity index (χ2n) is 7.39. The Hall–Kier alpha value is -1.84. The lowest BCUT2D eigenvalue weighted by Crippen LogP contribution is -2.40. The predicted molar refractivity (Wildman–Crippen MR) is 125 cm³/mol. The van der Waals surface area contributed by atoms with E-state index in [1.165, 1.54) is 12.1 Å². The Kier molecular flexibility index (Phi) is 8.53. The molecule has 1 fully saturated rings. The number of hydrogen-bond donors (Lipinski definition) is 2. The summed E-state index contributed by atoms with van der Waals surface area (Å²) in [6, 6.07) is 11.0. The van der Waals surface area contributed by atoms with Gasteiger partial charge in [-0.25, -0.2) is 4.99 Å². The molecule has 8 heteroatoms. The maximum absolute atomic E-state index is 4.72. The van der Waals surface area contributed by atoms with Gasteiger partial charge >= 0.3 is 0 Å². The minimum Gasteiger partial charge on any atom is -0.375 e. The van der Waals surface area contributed by atoms with E-state index in [1.54, 1.807) is 0 Å². The Morgan fingerprint density at radius 1 is 1.29 bits per heavy atom. The van der Waals surface area contributed by atoms with Gasteiger partial charge in [0.25, 0.3) is 0 Å². The fraction of sp³-hybridized carbons (Fsp3) is 0.550. The lowest BCUT2D eigenvalue weighted by atomic mass is 10.3. The van der Waals surface area contributed by atoms with Crippen LogP contribution in [0.1, 0.15) is 31.4 Å². The molecule has 0 aliphatic heterocycles. The number of benzene rings is 1. The van der Waals surface area contributed by atoms with E-state index in [0.29, 0.717) is 12.6 Å². The SMILES string of the molecule is Cc1nnc(CN=C(NCCCN(C)c2ccccc2)NC2CC2C)n1C.I. The van der Waals surface area contributed by atoms with Crippen molar-refractivity contribution in [2.45, 2.75) is 39.3 Å². The second kappa shape index (κ2) is 10.6. The summed E-state index contributed by atoms with van der Waals surface area (Å²) < 4.78 is 1.98. The minimum absolute atomic E-state index is 0. The fourth-order valence-electron chi connectivity index (χ4n) is 2.92. The number of guanidine groups is 1. The zero-order valence-electron chi connectivity index (χ0n) is 17.2. The summed E-state index contributed by atoms with van der Waals surface area (Å²) in [5.41, 5.74) is 1.24. The molecular formula is C20H32IN7. The number of nitrogens with zero attached hydrogens (tertiary/aromatic N) is 5. The fourth-order valence-corrected chi connectivity index (χ4v) is 2.92. The number of halogens is 1. The standard InChI is InChI=1S/C20H31N7.HI/c1-15-13-18(15)23-20(22-14-19-25-24-16(2)27(19)4)21-11-8-12-26(3)17-9-6-5-7-10-17;/h5-7,9-10,15,18H,8,11-14H2,1-4H3,(H2,21,22,23);1H. The largest absolute Gasteiger partial charge is 0.375 e. The van der Waals surface area contributed by atoms with Crippen molar-refractivity contribution in [1.29, 1.82) is 0 Å². The molecule has 3 rings (SSSR count). The number of anilines is 1. The molecule has 2 N–H and O–H groups in total. The van der Waals surface area contributed by atoms with Crippen molar-refractivity contribution in [1.82, 2.24) is 25.4 Å². The molecule has 1 aliphatic carbocycles. The number of para-hydroxylation sites is 1. The Labute approximate surface area is 185 Å². The summed E-state index contributed by atoms with van der Waals surface area (Å²) in [6.45, 7) is 6.61. The van der Waals surface area contributed by atoms with Crippen LogP contribution in [0.5, 0.6) is 0 Å². The van der Waals surface area contributed by atoms with E-state index in [2.05, 4.69) is 64.0 Å². The first-order valence-corrected chi connectivity index (χ1v) is 9.70. The molecule has 1 aromatic heterocycles. The molecule has 2 aromatic rings. The highest BCUT2D eigenvalue weighted by atomic mass is 127. The zero-order valence-corrected chi connectivity index (χ0v) is 19.6. The van der Waals surface area contributed by atoms with Crippen LogP contribution < -0.4 is 15.5 Å². The van der Waals surface area contributed by atoms with Gasteiger partial charge in [-0.3, -0.25) is 0 Å². The van der Waals surface area contributed by atoms with E-state index in [1.807, 2.05) is 24.6 Å². The van der Waals surface area contributed by atoms with E-state index in [4.69, 9.17) is 4.99 Å². The minimum atomic E-state index is 0. The molecule has 2 unspecified atom stereocenters. The van der Waals surface area contributed by atoms with Crippen LogP contribution in [0.4, 0.5) is 5.69 Å². The average Bonchev–Trinajstić information content (AvgIpc) is 3.28. The Bertz CT molecular complexity index is 759. The van der Waals surface area contributed by atoms with Gasteiger partial charge in [-0.15, -0.1) is 34.2 Å². The van der Waals surface area contributed by atoms with Crippen molar-refractivity contribution >= 4 is 35.6 Å². The molecule has 0 bridgehead atoms. The molecule has 0 saturated heterocycles. The summed E-state index contributed by atoms with van der Waals surface area (Å²) in [7, 11) is 4.11. The quantitative estimate of drug-likeness (QED) is 0.254. The van der Waals surface area contributed by atoms with Crippen molar-refractivity contribution in [2.75, 3.05) is 25.0 Å². The monoisotopic (exact) mass is 497 g/mol. The third-order valence-electron chi connectivity index (χ3n) is 5.15. The van der Waals surface area contributed by atoms with Gasteiger partial charge in [-0.1, -0.05) is 25.1 Å². The second-order valence-corrected chi connectivity index (χ2v) is 7.39. The first-order valence-electron chi connectivity index (χ1n) is 9.70. The van der Waals surface area contributed by atoms with Crippen molar-refractivity contribution in [3.05, 3.63) is 42.0 Å². The number of aryl methyl sites for hydroxylation is 1. The lowest BCUT2D eigenvalue weighted by Gasteiger charge is -2.19. The highest BCUT2D eigenvalue weighted by Gasteiger charge is 2.33. The highest BCUT2D eigenvalue weighted by molar-refractivity contribution is 14.0. The molecule has 0 spiro atoms. The summed E-state index contributed by atoms with van der Waals surface area (Å²) >= 11 is 0. The van der Waals surface area contributed by atoms with Gasteiger partial charge in [0.1, 0.15) is 12.4 Å². The highest BCUT2D eigenvalue weighted by Crippen LogP contribution is 2.28. The number of rotatable bonds is 8. The molecule has 1 saturated carbocycles. The Morgan fingerprint density at radius 3 is 2.61 bits per heavy atom. The molecule has 2 atom stereocenters. The number of aromatic nitrogens is 3. The molecule has 1 heterocycles. The third kappa shape index (κ3) is 6.35. The van der Waals surface area contributed by atoms with Gasteiger partial charge in [0.15, 0.2) is 11.8 Å². The van der Waals surface area contributed by atoms with Crippen LogP contribution in [0.2, 0.25) is 0 Å². The van der Waals surface area contributed by atoms with Crippen molar-refractivity contribution in [3.63, 3.8) is 0 Å². The molecule has 0 amide bonds. The van der Waals surface area contributed by atoms with Gasteiger partial charge in [-0.05, 0) is 37.8 Å². The Morgan fingerprint density at radius 2 is 2.00 bits per heavy atom. The molecular weight excluding hydrogens is 465 g/mol. The topological polar surface area (TPSA) is 70.4 Å². The third-order valence-corrected chi connectivity index (χ3v) is 5.15. The molecule has 7 nitrogen and oxygen atoms in total. The van der Waals surface area contributed by atoms with Crippen molar-refractivity contribution in [3.8, 4) is 0 Å². The predicted octanol–water partition coefficient (Wildman–Crippen LogP) is 2.71. The first-order chi connectivity index (χ1) is 13.0. The van der Waals surface area contributed by atoms with Gasteiger partial charge < -0.3 is 20.1 Å². The lowest BCUT2D eigenvalue weighted by molar-refractivity contribution is 0.706. The maximum Gasteiger partial charge on any atom is 0.191 e. The summed E-state index contributed by atoms with van der Waals surface area (Å²) in [5, 5.41) is 15.3. The van der Waals surface area contributed by atoms with E-state index >= 15 is 0 Å². The van der Waals surface area contributed by atoms with Crippen molar-refractivity contribution in [2.24, 2.45) is 18.0 Å². The molecule has 28 heavy (non-hydrogen) atoms. The summed E-state index contributed by atoms with van der Waals surface area (Å²) in [6.07, 6.45) is 2.25. The normalized spacial score (nSPS) is 18.4. The Balaban J connectivity index is 0.00000280. The van der Waals surface area contributed by atoms with Crippen LogP contribution in [0.25, 0.3) is 0 Å². The van der Waals surface area contributed by atoms with E-state index in [9.17, 15) is 0 Å². The number of nitrogens with one attached hydrogen (secondary N) is 2. The summed E-state index contributed by atoms with van der Waals surface area (Å²) in [4.78, 5) is 6.99. The van der Waals surface area contributed by atoms with E-state index in [0.717, 1.165) is 43.0 Å². The van der Waals surface area contributed by atoms with Crippen LogP contribution in [-0.2, 0) is 13.6 Å². The van der Waals surface area contributed by atoms with Gasteiger partial charge in [-0.2, -0.15) is 0 Å². The molecule has 1 aliphatic rings. The maximum atomic E-state index is 4.72. The van der Waals surface area contributed by atoms with Gasteiger partial charge in [0, 0.05) is 38.9 Å². The molecule has 0 radical (unpaired) electrons. The smallest absolute Gasteiger partial charge is 0.191 e. The zero-order chi connectivity index (χ0) is 19.2. The average molecular weight is 497 g/mol. The number of aliphatic imine (C=N–C) groups is 1. The molecule has 154 valence electrons. The van der Waals surface area contributed by atoms with Crippen LogP contribution in [0.15, 0.2) is 35.3 Å². The van der Waals surface area contributed by atoms with Crippen LogP contribution >= 0.6 is 24.0 Å². The first kappa shape index (κ1) is 22.4. The van der Waals surface area contributed by atoms with Crippen molar-refractivity contribution < 1.29 is 0 Å². The van der Waals surface area contributed by atoms with E-state index in [-0.39, 0.29) is 24.0 Å². The van der Waals surface area contributed by atoms with E-state index < -0.39 is 0 Å². The van der Waals surface area contributed by atoms with Gasteiger partial charge in [0.2, 0.25) is 0 Å². The summed E-state index contributed by atoms with van der Waals surface area (Å²) in [5.74, 6) is 3.37. The van der Waals surface area contributed by atoms with Gasteiger partial charge in [0.05, 0.1) is 0 Å².